The zero-order valence-electron chi connectivity index (χ0n) is 19.3. The van der Waals surface area contributed by atoms with E-state index in [0.717, 1.165) is 22.5 Å². The van der Waals surface area contributed by atoms with Crippen LogP contribution >= 0.6 is 0 Å². The molecule has 0 aromatic heterocycles. The van der Waals surface area contributed by atoms with Crippen molar-refractivity contribution in [1.82, 2.24) is 0 Å². The van der Waals surface area contributed by atoms with Gasteiger partial charge in [-0.15, -0.1) is 0 Å². The molecule has 4 aliphatic heterocycles. The molecule has 6 rings (SSSR count). The fourth-order valence-electron chi connectivity index (χ4n) is 5.92. The van der Waals surface area contributed by atoms with Gasteiger partial charge in [-0.1, -0.05) is 24.3 Å². The summed E-state index contributed by atoms with van der Waals surface area (Å²) < 4.78 is 11.2. The first kappa shape index (κ1) is 21.8. The minimum atomic E-state index is -0.830. The Morgan fingerprint density at radius 1 is 0.571 bits per heavy atom. The molecule has 0 bridgehead atoms. The molecule has 0 radical (unpaired) electrons. The third kappa shape index (κ3) is 3.59. The lowest BCUT2D eigenvalue weighted by molar-refractivity contribution is -0.149. The molecule has 0 aliphatic carbocycles. The molecular weight excluding hydrogens is 448 g/mol. The molecule has 4 aliphatic rings. The van der Waals surface area contributed by atoms with Crippen LogP contribution in [0.1, 0.15) is 62.5 Å². The number of ether oxygens (including phenoxy) is 2. The summed E-state index contributed by atoms with van der Waals surface area (Å²) in [6.07, 6.45) is 4.25. The molecule has 2 unspecified atom stereocenters. The molecule has 0 saturated carbocycles. The summed E-state index contributed by atoms with van der Waals surface area (Å²) in [5, 5.41) is 0. The molecule has 4 fully saturated rings. The predicted octanol–water partition coefficient (Wildman–Crippen LogP) is 3.60. The molecule has 4 saturated heterocycles. The zero-order chi connectivity index (χ0) is 24.2. The van der Waals surface area contributed by atoms with Crippen LogP contribution in [0.3, 0.4) is 0 Å². The first-order chi connectivity index (χ1) is 16.9. The molecule has 180 valence electrons. The van der Waals surface area contributed by atoms with Gasteiger partial charge in [0.05, 0.1) is 12.8 Å². The average molecular weight is 475 g/mol. The molecule has 0 N–H and O–H groups in total. The standard InChI is InChI=1S/C27H26N2O6/c30-22-9-13-26(15-11-24(32)34-26)28(22)20-5-1-18(2-6-20)17-19-3-7-21(8-4-19)29-23(31)10-14-27(29)16-12-25(33)35-27/h1-8H,9-17H2. The summed E-state index contributed by atoms with van der Waals surface area (Å²) in [6, 6.07) is 15.5. The molecule has 8 heteroatoms. The van der Waals surface area contributed by atoms with Crippen molar-refractivity contribution >= 4 is 35.1 Å². The second-order valence-electron chi connectivity index (χ2n) is 9.81. The van der Waals surface area contributed by atoms with Gasteiger partial charge in [0.2, 0.25) is 11.8 Å². The maximum atomic E-state index is 12.6. The Morgan fingerprint density at radius 2 is 0.943 bits per heavy atom. The van der Waals surface area contributed by atoms with Crippen LogP contribution in [-0.2, 0) is 35.1 Å². The van der Waals surface area contributed by atoms with Crippen LogP contribution < -0.4 is 9.80 Å². The normalized spacial score (nSPS) is 28.0. The van der Waals surface area contributed by atoms with Gasteiger partial charge in [0.25, 0.3) is 0 Å². The minimum Gasteiger partial charge on any atom is -0.438 e. The molecule has 35 heavy (non-hydrogen) atoms. The quantitative estimate of drug-likeness (QED) is 0.629. The van der Waals surface area contributed by atoms with E-state index >= 15 is 0 Å². The van der Waals surface area contributed by atoms with Gasteiger partial charge in [-0.05, 0) is 41.8 Å². The van der Waals surface area contributed by atoms with E-state index in [2.05, 4.69) is 0 Å². The fraction of sp³-hybridized carbons (Fsp3) is 0.407. The Kier molecular flexibility index (Phi) is 4.95. The molecule has 2 amide bonds. The first-order valence-electron chi connectivity index (χ1n) is 12.2. The van der Waals surface area contributed by atoms with E-state index in [0.29, 0.717) is 57.8 Å². The molecule has 2 spiro atoms. The van der Waals surface area contributed by atoms with Crippen LogP contribution in [0.15, 0.2) is 48.5 Å². The van der Waals surface area contributed by atoms with Crippen molar-refractivity contribution < 1.29 is 28.7 Å². The Hall–Kier alpha value is -3.68. The van der Waals surface area contributed by atoms with Gasteiger partial charge in [0.1, 0.15) is 0 Å². The van der Waals surface area contributed by atoms with Crippen molar-refractivity contribution in [2.24, 2.45) is 0 Å². The van der Waals surface area contributed by atoms with E-state index in [1.54, 1.807) is 9.80 Å². The number of benzene rings is 2. The fourth-order valence-corrected chi connectivity index (χ4v) is 5.92. The SMILES string of the molecule is O=C1CCC2(CCC(=O)N2c2ccc(Cc3ccc(N4C(=O)CCC45CCC(=O)O5)cc3)cc2)O1. The van der Waals surface area contributed by atoms with E-state index in [-0.39, 0.29) is 23.8 Å². The third-order valence-corrected chi connectivity index (χ3v) is 7.62. The number of anilines is 2. The predicted molar refractivity (Wildman–Crippen MR) is 125 cm³/mol. The second kappa shape index (κ2) is 7.93. The zero-order valence-corrected chi connectivity index (χ0v) is 19.3. The summed E-state index contributed by atoms with van der Waals surface area (Å²) in [6.45, 7) is 0. The van der Waals surface area contributed by atoms with Crippen molar-refractivity contribution in [2.75, 3.05) is 9.80 Å². The van der Waals surface area contributed by atoms with Gasteiger partial charge in [0, 0.05) is 49.9 Å². The van der Waals surface area contributed by atoms with Gasteiger partial charge < -0.3 is 9.47 Å². The Bertz CT molecular complexity index is 1120. The van der Waals surface area contributed by atoms with Crippen molar-refractivity contribution in [3.8, 4) is 0 Å². The van der Waals surface area contributed by atoms with Crippen molar-refractivity contribution in [3.63, 3.8) is 0 Å². The van der Waals surface area contributed by atoms with Crippen LogP contribution in [0, 0.1) is 0 Å². The van der Waals surface area contributed by atoms with Crippen LogP contribution in [0.2, 0.25) is 0 Å². The van der Waals surface area contributed by atoms with Crippen molar-refractivity contribution in [2.45, 2.75) is 69.2 Å². The summed E-state index contributed by atoms with van der Waals surface area (Å²) in [5.74, 6) is -0.551. The number of esters is 2. The maximum Gasteiger partial charge on any atom is 0.308 e. The number of hydrogen-bond donors (Lipinski definition) is 0. The number of rotatable bonds is 4. The topological polar surface area (TPSA) is 93.2 Å². The average Bonchev–Trinajstić information content (AvgIpc) is 3.58. The van der Waals surface area contributed by atoms with Gasteiger partial charge >= 0.3 is 11.9 Å². The molecule has 4 heterocycles. The minimum absolute atomic E-state index is 0.0230. The highest BCUT2D eigenvalue weighted by atomic mass is 16.6. The highest BCUT2D eigenvalue weighted by Crippen LogP contribution is 2.44. The summed E-state index contributed by atoms with van der Waals surface area (Å²) in [4.78, 5) is 52.0. The number of nitrogens with zero attached hydrogens (tertiary/aromatic N) is 2. The van der Waals surface area contributed by atoms with E-state index in [1.807, 2.05) is 48.5 Å². The summed E-state index contributed by atoms with van der Waals surface area (Å²) in [5.41, 5.74) is 1.97. The highest BCUT2D eigenvalue weighted by molar-refractivity contribution is 5.99. The molecule has 2 aromatic carbocycles. The van der Waals surface area contributed by atoms with Crippen LogP contribution in [0.5, 0.6) is 0 Å². The lowest BCUT2D eigenvalue weighted by Gasteiger charge is -2.33. The van der Waals surface area contributed by atoms with E-state index < -0.39 is 11.4 Å². The lowest BCUT2D eigenvalue weighted by Crippen LogP contribution is -2.45. The third-order valence-electron chi connectivity index (χ3n) is 7.62. The Balaban J connectivity index is 1.17. The molecule has 2 atom stereocenters. The summed E-state index contributed by atoms with van der Waals surface area (Å²) in [7, 11) is 0. The van der Waals surface area contributed by atoms with Crippen LogP contribution in [0.4, 0.5) is 11.4 Å². The first-order valence-corrected chi connectivity index (χ1v) is 12.2. The van der Waals surface area contributed by atoms with E-state index in [1.165, 1.54) is 0 Å². The van der Waals surface area contributed by atoms with Gasteiger partial charge in [0.15, 0.2) is 11.4 Å². The number of carbonyl (C=O) groups is 4. The number of carbonyl (C=O) groups excluding carboxylic acids is 4. The van der Waals surface area contributed by atoms with Gasteiger partial charge in [-0.25, -0.2) is 0 Å². The molecule has 2 aromatic rings. The van der Waals surface area contributed by atoms with Crippen LogP contribution in [0.25, 0.3) is 0 Å². The largest absolute Gasteiger partial charge is 0.438 e. The van der Waals surface area contributed by atoms with Gasteiger partial charge in [-0.3, -0.25) is 29.0 Å². The summed E-state index contributed by atoms with van der Waals surface area (Å²) >= 11 is 0. The molecule has 8 nitrogen and oxygen atoms in total. The second-order valence-corrected chi connectivity index (χ2v) is 9.81. The smallest absolute Gasteiger partial charge is 0.308 e. The molecular formula is C27H26N2O6. The lowest BCUT2D eigenvalue weighted by atomic mass is 10.0. The monoisotopic (exact) mass is 474 g/mol. The Morgan fingerprint density at radius 3 is 1.29 bits per heavy atom. The number of amides is 2. The van der Waals surface area contributed by atoms with Crippen LogP contribution in [-0.4, -0.2) is 35.2 Å². The van der Waals surface area contributed by atoms with E-state index in [4.69, 9.17) is 9.47 Å². The maximum absolute atomic E-state index is 12.6. The highest BCUT2D eigenvalue weighted by Gasteiger charge is 2.53. The van der Waals surface area contributed by atoms with E-state index in [9.17, 15) is 19.2 Å². The van der Waals surface area contributed by atoms with Crippen molar-refractivity contribution in [1.29, 1.82) is 0 Å². The Labute approximate surface area is 202 Å². The van der Waals surface area contributed by atoms with Crippen molar-refractivity contribution in [3.05, 3.63) is 59.7 Å². The number of hydrogen-bond acceptors (Lipinski definition) is 6. The van der Waals surface area contributed by atoms with Gasteiger partial charge in [-0.2, -0.15) is 0 Å².